The van der Waals surface area contributed by atoms with E-state index in [0.29, 0.717) is 28.6 Å². The number of nitrogens with zero attached hydrogens (tertiary/aromatic N) is 2. The summed E-state index contributed by atoms with van der Waals surface area (Å²) in [5.41, 5.74) is 6.80. The molecule has 0 saturated heterocycles. The molecule has 1 aliphatic carbocycles. The van der Waals surface area contributed by atoms with Crippen LogP contribution in [0.25, 0.3) is 0 Å². The highest BCUT2D eigenvalue weighted by Crippen LogP contribution is 2.51. The van der Waals surface area contributed by atoms with Crippen molar-refractivity contribution in [2.75, 3.05) is 12.4 Å². The number of aliphatic imine (C=N–C) groups is 1. The second-order valence-electron chi connectivity index (χ2n) is 6.96. The molecule has 0 radical (unpaired) electrons. The van der Waals surface area contributed by atoms with Gasteiger partial charge in [-0.25, -0.2) is 0 Å². The molecule has 1 unspecified atom stereocenters. The molecule has 1 amide bonds. The Hall–Kier alpha value is -3.01. The third kappa shape index (κ3) is 3.97. The van der Waals surface area contributed by atoms with Crippen LogP contribution in [0.15, 0.2) is 35.0 Å². The Morgan fingerprint density at radius 3 is 2.73 bits per heavy atom. The van der Waals surface area contributed by atoms with Gasteiger partial charge in [-0.3, -0.25) is 4.79 Å². The number of amides is 1. The summed E-state index contributed by atoms with van der Waals surface area (Å²) in [7, 11) is 1.63. The summed E-state index contributed by atoms with van der Waals surface area (Å²) >= 11 is 0. The van der Waals surface area contributed by atoms with Gasteiger partial charge < -0.3 is 21.5 Å². The molecule has 26 heavy (non-hydrogen) atoms. The molecule has 138 valence electrons. The predicted molar refractivity (Wildman–Crippen MR) is 103 cm³/mol. The molecule has 1 saturated carbocycles. The first-order chi connectivity index (χ1) is 12.2. The zero-order chi connectivity index (χ0) is 19.5. The van der Waals surface area contributed by atoms with Crippen molar-refractivity contribution in [1.82, 2.24) is 5.32 Å². The fourth-order valence-electron chi connectivity index (χ4n) is 3.21. The molecule has 0 bridgehead atoms. The normalized spacial score (nSPS) is 22.7. The number of benzene rings is 1. The van der Waals surface area contributed by atoms with Gasteiger partial charge in [0, 0.05) is 18.4 Å². The smallest absolute Gasteiger partial charge is 0.359 e. The average Bonchev–Trinajstić information content (AvgIpc) is 3.29. The lowest BCUT2D eigenvalue weighted by molar-refractivity contribution is -0.122. The number of carbonyl (C=O) groups excluding carboxylic acids is 1. The number of hydrogen-bond donors (Lipinski definition) is 3. The van der Waals surface area contributed by atoms with Crippen LogP contribution in [0.2, 0.25) is 0 Å². The minimum Gasteiger partial charge on any atom is -0.579 e. The van der Waals surface area contributed by atoms with E-state index >= 15 is 0 Å². The Labute approximate surface area is 153 Å². The number of nitrogens with two attached hydrogens (primary N) is 1. The van der Waals surface area contributed by atoms with Gasteiger partial charge in [0.1, 0.15) is 11.6 Å². The van der Waals surface area contributed by atoms with E-state index in [2.05, 4.69) is 35.5 Å². The van der Waals surface area contributed by atoms with Crippen LogP contribution in [0, 0.1) is 23.2 Å². The number of carbonyl (C=O) groups is 1. The molecule has 0 spiro atoms. The molecule has 0 heterocycles. The van der Waals surface area contributed by atoms with Crippen LogP contribution in [0.1, 0.15) is 32.8 Å². The van der Waals surface area contributed by atoms with Crippen LogP contribution in [0.4, 0.5) is 11.4 Å². The minimum atomic E-state index is -0.643. The van der Waals surface area contributed by atoms with Gasteiger partial charge in [-0.15, -0.1) is 0 Å². The van der Waals surface area contributed by atoms with Gasteiger partial charge in [0.05, 0.1) is 17.3 Å². The van der Waals surface area contributed by atoms with E-state index in [1.165, 1.54) is 6.08 Å². The molecule has 1 fully saturated rings. The van der Waals surface area contributed by atoms with Crippen molar-refractivity contribution in [2.24, 2.45) is 22.6 Å². The van der Waals surface area contributed by atoms with Crippen molar-refractivity contribution in [1.29, 1.82) is 5.26 Å². The van der Waals surface area contributed by atoms with Crippen LogP contribution < -0.4 is 16.4 Å². The molecule has 0 aromatic heterocycles. The van der Waals surface area contributed by atoms with Crippen LogP contribution in [0.5, 0.6) is 0 Å². The third-order valence-corrected chi connectivity index (χ3v) is 4.54. The van der Waals surface area contributed by atoms with Gasteiger partial charge in [0.15, 0.2) is 0 Å². The van der Waals surface area contributed by atoms with Crippen molar-refractivity contribution >= 4 is 23.2 Å². The molecule has 6 N–H and O–H groups in total. The number of nitrogens with one attached hydrogen (secondary N) is 2. The maximum absolute atomic E-state index is 12.4. The Balaban J connectivity index is 2.37. The fourth-order valence-corrected chi connectivity index (χ4v) is 3.21. The Bertz CT molecular complexity index is 803. The first-order valence-corrected chi connectivity index (χ1v) is 8.52. The number of rotatable bonds is 6. The molecule has 2 rings (SSSR count). The highest BCUT2D eigenvalue weighted by Gasteiger charge is 2.60. The number of nitriles is 1. The Kier molecular flexibility index (Phi) is 5.56. The zero-order valence-electron chi connectivity index (χ0n) is 15.6. The van der Waals surface area contributed by atoms with Crippen molar-refractivity contribution in [3.8, 4) is 6.07 Å². The van der Waals surface area contributed by atoms with Crippen molar-refractivity contribution in [2.45, 2.75) is 32.7 Å². The van der Waals surface area contributed by atoms with Crippen LogP contribution in [0.3, 0.4) is 0 Å². The standard InChI is InChI=1S/C19H25N5O2/c1-11(2)15-9-19(15,18(26)22-4)24-14-6-5-13(10-20)16(8-14)23-17(25)7-12(3)21/h5-8,11,15,24H,9,21H2,1-4H3,(H,22,26)(H,23,25)/p+1/t15?,19-/m0/s1. The first kappa shape index (κ1) is 19.3. The lowest BCUT2D eigenvalue weighted by atomic mass is 10.0. The number of hydrogen-bond acceptors (Lipinski definition) is 5. The number of likely N-dealkylation sites (N-methyl/N-ethyl adjacent to an activating group) is 1. The fraction of sp³-hybridized carbons (Fsp3) is 0.421. The predicted octanol–water partition coefficient (Wildman–Crippen LogP) is 1.75. The first-order valence-electron chi connectivity index (χ1n) is 8.52. The van der Waals surface area contributed by atoms with Crippen molar-refractivity contribution < 1.29 is 9.90 Å². The number of allylic oxidation sites excluding steroid dienone is 1. The van der Waals surface area contributed by atoms with Gasteiger partial charge in [0.25, 0.3) is 0 Å². The summed E-state index contributed by atoms with van der Waals surface area (Å²) in [6, 6.07) is 7.15. The maximum Gasteiger partial charge on any atom is 0.359 e. The Morgan fingerprint density at radius 1 is 1.54 bits per heavy atom. The van der Waals surface area contributed by atoms with E-state index in [9.17, 15) is 10.1 Å². The van der Waals surface area contributed by atoms with E-state index in [4.69, 9.17) is 10.8 Å². The van der Waals surface area contributed by atoms with Gasteiger partial charge in [-0.2, -0.15) is 10.3 Å². The van der Waals surface area contributed by atoms with Gasteiger partial charge in [-0.1, -0.05) is 13.8 Å². The third-order valence-electron chi connectivity index (χ3n) is 4.54. The highest BCUT2D eigenvalue weighted by atomic mass is 16.3. The van der Waals surface area contributed by atoms with Gasteiger partial charge >= 0.3 is 5.90 Å². The molecule has 1 aromatic carbocycles. The minimum absolute atomic E-state index is 0.0360. The molecule has 7 heteroatoms. The maximum atomic E-state index is 12.4. The van der Waals surface area contributed by atoms with E-state index in [0.717, 1.165) is 6.42 Å². The Morgan fingerprint density at radius 2 is 2.23 bits per heavy atom. The van der Waals surface area contributed by atoms with E-state index < -0.39 is 5.54 Å². The summed E-state index contributed by atoms with van der Waals surface area (Å²) in [6.07, 6.45) is 2.17. The zero-order valence-corrected chi connectivity index (χ0v) is 15.6. The summed E-state index contributed by atoms with van der Waals surface area (Å²) < 4.78 is 0. The SMILES string of the molecule is CNC(=O)[C@]1(Nc2ccc(C#N)c(N=C([OH2+])C=C(C)N)c2)CC1C(C)C. The highest BCUT2D eigenvalue weighted by molar-refractivity contribution is 5.94. The average molecular weight is 356 g/mol. The largest absolute Gasteiger partial charge is 0.579 e. The quantitative estimate of drug-likeness (QED) is 0.408. The van der Waals surface area contributed by atoms with E-state index in [-0.39, 0.29) is 17.7 Å². The van der Waals surface area contributed by atoms with Crippen LogP contribution in [-0.2, 0) is 4.79 Å². The molecule has 1 aliphatic rings. The molecular formula is C19H26N5O2+. The van der Waals surface area contributed by atoms with E-state index in [1.54, 1.807) is 32.2 Å². The number of anilines is 1. The molecule has 0 aliphatic heterocycles. The van der Waals surface area contributed by atoms with Crippen LogP contribution in [-0.4, -0.2) is 29.5 Å². The topological polar surface area (TPSA) is 126 Å². The lowest BCUT2D eigenvalue weighted by Gasteiger charge is -2.21. The monoisotopic (exact) mass is 356 g/mol. The molecule has 7 nitrogen and oxygen atoms in total. The second-order valence-corrected chi connectivity index (χ2v) is 6.96. The van der Waals surface area contributed by atoms with E-state index in [1.807, 2.05) is 0 Å². The van der Waals surface area contributed by atoms with Crippen molar-refractivity contribution in [3.63, 3.8) is 0 Å². The van der Waals surface area contributed by atoms with Crippen molar-refractivity contribution in [3.05, 3.63) is 35.5 Å². The molecular weight excluding hydrogens is 330 g/mol. The van der Waals surface area contributed by atoms with Gasteiger partial charge in [0.2, 0.25) is 5.91 Å². The second kappa shape index (κ2) is 7.48. The summed E-state index contributed by atoms with van der Waals surface area (Å²) in [5.74, 6) is 0.521. The summed E-state index contributed by atoms with van der Waals surface area (Å²) in [5, 5.41) is 23.2. The van der Waals surface area contributed by atoms with Gasteiger partial charge in [-0.05, 0) is 43.4 Å². The summed E-state index contributed by atoms with van der Waals surface area (Å²) in [4.78, 5) is 16.6. The molecule has 1 aromatic rings. The summed E-state index contributed by atoms with van der Waals surface area (Å²) in [6.45, 7) is 5.86. The lowest BCUT2D eigenvalue weighted by Crippen LogP contribution is -2.42. The molecule has 2 atom stereocenters. The van der Waals surface area contributed by atoms with Crippen LogP contribution >= 0.6 is 0 Å².